The van der Waals surface area contributed by atoms with E-state index >= 15 is 0 Å². The predicted octanol–water partition coefficient (Wildman–Crippen LogP) is 1.98. The number of H-pyrrole nitrogens is 1. The second-order valence-corrected chi connectivity index (χ2v) is 4.43. The highest BCUT2D eigenvalue weighted by atomic mass is 16.3. The third-order valence-corrected chi connectivity index (χ3v) is 3.17. The Morgan fingerprint density at radius 1 is 1.44 bits per heavy atom. The molecule has 1 aromatic heterocycles. The summed E-state index contributed by atoms with van der Waals surface area (Å²) < 4.78 is 0. The molecule has 4 nitrogen and oxygen atoms in total. The zero-order valence-corrected chi connectivity index (χ0v) is 10.7. The number of aromatic amines is 1. The number of aliphatic hydroxyl groups excluding tert-OH is 1. The molecule has 0 aliphatic rings. The molecule has 1 heterocycles. The average molecular weight is 246 g/mol. The number of nitrogens with one attached hydrogen (secondary N) is 2. The molecule has 0 aliphatic carbocycles. The number of fused-ring (bicyclic) bond motifs is 1. The van der Waals surface area contributed by atoms with E-state index in [1.807, 2.05) is 38.1 Å². The fourth-order valence-corrected chi connectivity index (χ4v) is 2.10. The van der Waals surface area contributed by atoms with Crippen LogP contribution in [0.1, 0.15) is 29.4 Å². The van der Waals surface area contributed by atoms with E-state index in [9.17, 15) is 4.79 Å². The van der Waals surface area contributed by atoms with Crippen molar-refractivity contribution in [1.29, 1.82) is 0 Å². The highest BCUT2D eigenvalue weighted by Crippen LogP contribution is 2.21. The molecule has 2 aromatic rings. The number of carbonyl (C=O) groups excluding carboxylic acids is 1. The van der Waals surface area contributed by atoms with Crippen LogP contribution >= 0.6 is 0 Å². The van der Waals surface area contributed by atoms with E-state index in [-0.39, 0.29) is 18.6 Å². The minimum Gasteiger partial charge on any atom is -0.394 e. The molecule has 1 amide bonds. The first-order valence-electron chi connectivity index (χ1n) is 6.16. The van der Waals surface area contributed by atoms with E-state index in [0.29, 0.717) is 12.0 Å². The molecule has 4 heteroatoms. The number of carbonyl (C=O) groups is 1. The van der Waals surface area contributed by atoms with E-state index in [2.05, 4.69) is 10.3 Å². The number of aromatic nitrogens is 1. The normalized spacial score (nSPS) is 12.6. The van der Waals surface area contributed by atoms with Crippen molar-refractivity contribution >= 4 is 16.8 Å². The van der Waals surface area contributed by atoms with Gasteiger partial charge in [-0.15, -0.1) is 0 Å². The van der Waals surface area contributed by atoms with Crippen LogP contribution in [0.2, 0.25) is 0 Å². The van der Waals surface area contributed by atoms with Crippen molar-refractivity contribution in [2.45, 2.75) is 26.3 Å². The van der Waals surface area contributed by atoms with Crippen LogP contribution in [0.5, 0.6) is 0 Å². The SMILES string of the molecule is CC[C@@H](CO)NC(=O)c1c(C)[nH]c2ccccc12. The minimum atomic E-state index is -0.189. The molecule has 0 saturated carbocycles. The van der Waals surface area contributed by atoms with Crippen LogP contribution in [0.15, 0.2) is 24.3 Å². The lowest BCUT2D eigenvalue weighted by Crippen LogP contribution is -2.37. The number of hydrogen-bond acceptors (Lipinski definition) is 2. The second-order valence-electron chi connectivity index (χ2n) is 4.43. The Hall–Kier alpha value is -1.81. The Kier molecular flexibility index (Phi) is 3.67. The van der Waals surface area contributed by atoms with Crippen LogP contribution < -0.4 is 5.32 Å². The van der Waals surface area contributed by atoms with Crippen LogP contribution in [-0.4, -0.2) is 28.6 Å². The van der Waals surface area contributed by atoms with Crippen molar-refractivity contribution in [2.24, 2.45) is 0 Å². The Bertz CT molecular complexity index is 556. The van der Waals surface area contributed by atoms with Gasteiger partial charge >= 0.3 is 0 Å². The summed E-state index contributed by atoms with van der Waals surface area (Å²) in [4.78, 5) is 15.4. The molecule has 0 radical (unpaired) electrons. The summed E-state index contributed by atoms with van der Waals surface area (Å²) in [6.45, 7) is 3.78. The minimum absolute atomic E-state index is 0.0381. The zero-order chi connectivity index (χ0) is 13.1. The monoisotopic (exact) mass is 246 g/mol. The quantitative estimate of drug-likeness (QED) is 0.772. The molecule has 1 atom stereocenters. The van der Waals surface area contributed by atoms with Gasteiger partial charge in [-0.05, 0) is 19.4 Å². The number of aliphatic hydroxyl groups is 1. The molecule has 0 spiro atoms. The van der Waals surface area contributed by atoms with Crippen molar-refractivity contribution in [3.8, 4) is 0 Å². The van der Waals surface area contributed by atoms with Gasteiger partial charge in [-0.3, -0.25) is 4.79 Å². The van der Waals surface area contributed by atoms with Gasteiger partial charge in [0.1, 0.15) is 0 Å². The lowest BCUT2D eigenvalue weighted by atomic mass is 10.1. The molecule has 0 aliphatic heterocycles. The third-order valence-electron chi connectivity index (χ3n) is 3.17. The van der Waals surface area contributed by atoms with Gasteiger partial charge in [0, 0.05) is 16.6 Å². The van der Waals surface area contributed by atoms with E-state index < -0.39 is 0 Å². The van der Waals surface area contributed by atoms with Gasteiger partial charge in [0.2, 0.25) is 0 Å². The Balaban J connectivity index is 2.35. The molecule has 0 bridgehead atoms. The number of benzene rings is 1. The Morgan fingerprint density at radius 2 is 2.17 bits per heavy atom. The summed E-state index contributed by atoms with van der Waals surface area (Å²) in [5.74, 6) is -0.133. The van der Waals surface area contributed by atoms with Gasteiger partial charge in [-0.2, -0.15) is 0 Å². The van der Waals surface area contributed by atoms with E-state index in [0.717, 1.165) is 16.6 Å². The molecular formula is C14H18N2O2. The van der Waals surface area contributed by atoms with Gasteiger partial charge in [0.15, 0.2) is 0 Å². The lowest BCUT2D eigenvalue weighted by molar-refractivity contribution is 0.0916. The van der Waals surface area contributed by atoms with Crippen molar-refractivity contribution in [3.63, 3.8) is 0 Å². The number of amides is 1. The highest BCUT2D eigenvalue weighted by molar-refractivity contribution is 6.08. The van der Waals surface area contributed by atoms with Crippen molar-refractivity contribution in [1.82, 2.24) is 10.3 Å². The van der Waals surface area contributed by atoms with E-state index in [4.69, 9.17) is 5.11 Å². The summed E-state index contributed by atoms with van der Waals surface area (Å²) in [5.41, 5.74) is 2.47. The van der Waals surface area contributed by atoms with Gasteiger partial charge < -0.3 is 15.4 Å². The molecule has 1 aromatic carbocycles. The first-order chi connectivity index (χ1) is 8.67. The van der Waals surface area contributed by atoms with Crippen LogP contribution in [0.4, 0.5) is 0 Å². The summed E-state index contributed by atoms with van der Waals surface area (Å²) in [6, 6.07) is 7.53. The molecule has 18 heavy (non-hydrogen) atoms. The zero-order valence-electron chi connectivity index (χ0n) is 10.7. The number of para-hydroxylation sites is 1. The van der Waals surface area contributed by atoms with Gasteiger partial charge in [-0.25, -0.2) is 0 Å². The molecule has 96 valence electrons. The second kappa shape index (κ2) is 5.23. The number of aryl methyl sites for hydroxylation is 1. The largest absolute Gasteiger partial charge is 0.394 e. The van der Waals surface area contributed by atoms with Crippen molar-refractivity contribution in [3.05, 3.63) is 35.5 Å². The first-order valence-corrected chi connectivity index (χ1v) is 6.16. The van der Waals surface area contributed by atoms with Crippen molar-refractivity contribution < 1.29 is 9.90 Å². The third kappa shape index (κ3) is 2.24. The van der Waals surface area contributed by atoms with Crippen LogP contribution in [0.25, 0.3) is 10.9 Å². The van der Waals surface area contributed by atoms with Crippen LogP contribution in [-0.2, 0) is 0 Å². The molecule has 0 saturated heterocycles. The van der Waals surface area contributed by atoms with Gasteiger partial charge in [0.25, 0.3) is 5.91 Å². The van der Waals surface area contributed by atoms with Crippen molar-refractivity contribution in [2.75, 3.05) is 6.61 Å². The summed E-state index contributed by atoms with van der Waals surface area (Å²) >= 11 is 0. The Labute approximate surface area is 106 Å². The molecule has 0 fully saturated rings. The van der Waals surface area contributed by atoms with E-state index in [1.54, 1.807) is 0 Å². The number of rotatable bonds is 4. The summed E-state index contributed by atoms with van der Waals surface area (Å²) in [5, 5.41) is 12.9. The maximum absolute atomic E-state index is 12.2. The lowest BCUT2D eigenvalue weighted by Gasteiger charge is -2.14. The molecular weight excluding hydrogens is 228 g/mol. The van der Waals surface area contributed by atoms with E-state index in [1.165, 1.54) is 0 Å². The highest BCUT2D eigenvalue weighted by Gasteiger charge is 2.17. The topological polar surface area (TPSA) is 65.1 Å². The molecule has 0 unspecified atom stereocenters. The summed E-state index contributed by atoms with van der Waals surface area (Å²) in [6.07, 6.45) is 0.712. The molecule has 3 N–H and O–H groups in total. The van der Waals surface area contributed by atoms with Crippen LogP contribution in [0, 0.1) is 6.92 Å². The number of hydrogen-bond donors (Lipinski definition) is 3. The van der Waals surface area contributed by atoms with Gasteiger partial charge in [-0.1, -0.05) is 25.1 Å². The predicted molar refractivity (Wildman–Crippen MR) is 71.7 cm³/mol. The fourth-order valence-electron chi connectivity index (χ4n) is 2.10. The first kappa shape index (κ1) is 12.6. The standard InChI is InChI=1S/C14H18N2O2/c1-3-10(8-17)16-14(18)13-9(2)15-12-7-5-4-6-11(12)13/h4-7,10,15,17H,3,8H2,1-2H3,(H,16,18)/t10-/m0/s1. The molecule has 2 rings (SSSR count). The smallest absolute Gasteiger partial charge is 0.254 e. The maximum Gasteiger partial charge on any atom is 0.254 e. The maximum atomic E-state index is 12.2. The average Bonchev–Trinajstić information content (AvgIpc) is 2.71. The Morgan fingerprint density at radius 3 is 2.83 bits per heavy atom. The fraction of sp³-hybridized carbons (Fsp3) is 0.357. The summed E-state index contributed by atoms with van der Waals surface area (Å²) in [7, 11) is 0. The van der Waals surface area contributed by atoms with Gasteiger partial charge in [0.05, 0.1) is 18.2 Å². The van der Waals surface area contributed by atoms with Crippen LogP contribution in [0.3, 0.4) is 0 Å².